The van der Waals surface area contributed by atoms with Crippen molar-refractivity contribution in [2.75, 3.05) is 6.54 Å². The summed E-state index contributed by atoms with van der Waals surface area (Å²) in [6, 6.07) is 1.92. The van der Waals surface area contributed by atoms with E-state index in [1.165, 1.54) is 0 Å². The summed E-state index contributed by atoms with van der Waals surface area (Å²) in [4.78, 5) is 14.4. The van der Waals surface area contributed by atoms with E-state index < -0.39 is 29.8 Å². The minimum absolute atomic E-state index is 0. The van der Waals surface area contributed by atoms with Gasteiger partial charge in [0.05, 0.1) is 12.1 Å². The number of nitrogens with two attached hydrogens (primary N) is 1. The maximum absolute atomic E-state index is 12.3. The molecule has 0 unspecified atom stereocenters. The van der Waals surface area contributed by atoms with Crippen molar-refractivity contribution in [2.24, 2.45) is 5.73 Å². The first-order valence-electron chi connectivity index (χ1n) is 3.72. The Balaban J connectivity index is 0.00000196. The molecular weight excluding hydrogens is 233 g/mol. The lowest BCUT2D eigenvalue weighted by Gasteiger charge is -2.09. The van der Waals surface area contributed by atoms with Gasteiger partial charge >= 0.3 is 6.18 Å². The number of carbonyl (C=O) groups is 1. The van der Waals surface area contributed by atoms with Crippen LogP contribution in [0.5, 0.6) is 0 Å². The molecule has 7 heteroatoms. The fourth-order valence-electron chi connectivity index (χ4n) is 0.953. The first kappa shape index (κ1) is 13.9. The van der Waals surface area contributed by atoms with Crippen molar-refractivity contribution in [3.05, 3.63) is 29.6 Å². The lowest BCUT2D eigenvalue weighted by molar-refractivity contribution is -0.138. The van der Waals surface area contributed by atoms with Crippen LogP contribution in [0.15, 0.2) is 18.3 Å². The molecule has 1 heterocycles. The van der Waals surface area contributed by atoms with E-state index in [4.69, 9.17) is 5.73 Å². The van der Waals surface area contributed by atoms with Crippen LogP contribution in [0.4, 0.5) is 13.2 Å². The lowest BCUT2D eigenvalue weighted by atomic mass is 10.1. The Morgan fingerprint density at radius 1 is 1.47 bits per heavy atom. The van der Waals surface area contributed by atoms with E-state index in [9.17, 15) is 18.0 Å². The molecule has 1 aromatic heterocycles. The number of nitrogens with zero attached hydrogens (tertiary/aromatic N) is 1. The molecule has 0 atom stereocenters. The highest BCUT2D eigenvalue weighted by Gasteiger charge is 2.35. The van der Waals surface area contributed by atoms with E-state index in [0.717, 1.165) is 18.3 Å². The molecule has 84 valence electrons. The van der Waals surface area contributed by atoms with Crippen LogP contribution in [0.25, 0.3) is 0 Å². The van der Waals surface area contributed by atoms with Crippen LogP contribution in [-0.4, -0.2) is 17.3 Å². The third-order valence-electron chi connectivity index (χ3n) is 1.56. The average molecular weight is 241 g/mol. The minimum Gasteiger partial charge on any atom is -0.324 e. The van der Waals surface area contributed by atoms with Crippen LogP contribution in [-0.2, 0) is 6.18 Å². The Morgan fingerprint density at radius 3 is 2.53 bits per heavy atom. The van der Waals surface area contributed by atoms with Crippen molar-refractivity contribution >= 4 is 18.2 Å². The highest BCUT2D eigenvalue weighted by molar-refractivity contribution is 5.97. The van der Waals surface area contributed by atoms with Crippen LogP contribution in [0.1, 0.15) is 16.1 Å². The molecule has 1 aromatic rings. The van der Waals surface area contributed by atoms with Gasteiger partial charge in [-0.25, -0.2) is 0 Å². The maximum Gasteiger partial charge on any atom is 0.418 e. The zero-order chi connectivity index (χ0) is 10.8. The van der Waals surface area contributed by atoms with Crippen molar-refractivity contribution < 1.29 is 18.0 Å². The lowest BCUT2D eigenvalue weighted by Crippen LogP contribution is -2.20. The fraction of sp³-hybridized carbons (Fsp3) is 0.250. The molecule has 0 aliphatic heterocycles. The standard InChI is InChI=1S/C8H7F3N2O.ClH/c9-8(10,11)5-2-1-3-13-7(5)6(14)4-12;/h1-3H,4,12H2;1H. The summed E-state index contributed by atoms with van der Waals surface area (Å²) < 4.78 is 36.9. The molecule has 3 nitrogen and oxygen atoms in total. The Labute approximate surface area is 89.9 Å². The molecule has 0 saturated carbocycles. The van der Waals surface area contributed by atoms with Gasteiger partial charge in [0.2, 0.25) is 0 Å². The average Bonchev–Trinajstić information content (AvgIpc) is 2.15. The van der Waals surface area contributed by atoms with E-state index in [-0.39, 0.29) is 12.4 Å². The first-order chi connectivity index (χ1) is 6.46. The molecular formula is C8H8ClF3N2O. The number of alkyl halides is 3. The molecule has 0 bridgehead atoms. The van der Waals surface area contributed by atoms with Crippen LogP contribution in [0.3, 0.4) is 0 Å². The second-order valence-electron chi connectivity index (χ2n) is 2.52. The summed E-state index contributed by atoms with van der Waals surface area (Å²) in [6.45, 7) is -0.486. The number of hydrogen-bond acceptors (Lipinski definition) is 3. The molecule has 0 fully saturated rings. The van der Waals surface area contributed by atoms with Gasteiger partial charge in [-0.05, 0) is 12.1 Å². The molecule has 2 N–H and O–H groups in total. The number of carbonyl (C=O) groups excluding carboxylic acids is 1. The number of pyridine rings is 1. The van der Waals surface area contributed by atoms with E-state index in [0.29, 0.717) is 0 Å². The zero-order valence-electron chi connectivity index (χ0n) is 7.41. The van der Waals surface area contributed by atoms with E-state index in [1.807, 2.05) is 0 Å². The SMILES string of the molecule is Cl.NCC(=O)c1ncccc1C(F)(F)F. The Bertz CT molecular complexity index is 354. The molecule has 0 amide bonds. The topological polar surface area (TPSA) is 56.0 Å². The van der Waals surface area contributed by atoms with Crippen molar-refractivity contribution in [1.82, 2.24) is 4.98 Å². The van der Waals surface area contributed by atoms with Gasteiger partial charge in [-0.2, -0.15) is 13.2 Å². The predicted octanol–water partition coefficient (Wildman–Crippen LogP) is 1.66. The summed E-state index contributed by atoms with van der Waals surface area (Å²) in [5.41, 5.74) is 3.29. The van der Waals surface area contributed by atoms with Crippen LogP contribution >= 0.6 is 12.4 Å². The van der Waals surface area contributed by atoms with Crippen LogP contribution < -0.4 is 5.73 Å². The van der Waals surface area contributed by atoms with Gasteiger partial charge in [0.25, 0.3) is 0 Å². The second-order valence-corrected chi connectivity index (χ2v) is 2.52. The highest BCUT2D eigenvalue weighted by Crippen LogP contribution is 2.30. The molecule has 0 saturated heterocycles. The number of ketones is 1. The Hall–Kier alpha value is -1.14. The van der Waals surface area contributed by atoms with Gasteiger partial charge in [-0.1, -0.05) is 0 Å². The monoisotopic (exact) mass is 240 g/mol. The van der Waals surface area contributed by atoms with E-state index in [2.05, 4.69) is 4.98 Å². The summed E-state index contributed by atoms with van der Waals surface area (Å²) in [7, 11) is 0. The van der Waals surface area contributed by atoms with Gasteiger partial charge < -0.3 is 5.73 Å². The second kappa shape index (κ2) is 5.09. The molecule has 15 heavy (non-hydrogen) atoms. The summed E-state index contributed by atoms with van der Waals surface area (Å²) >= 11 is 0. The quantitative estimate of drug-likeness (QED) is 0.800. The predicted molar refractivity (Wildman–Crippen MR) is 49.9 cm³/mol. The first-order valence-corrected chi connectivity index (χ1v) is 3.72. The number of Topliss-reactive ketones (excluding diaryl/α,β-unsaturated/α-hetero) is 1. The summed E-state index contributed by atoms with van der Waals surface area (Å²) in [5.74, 6) is -0.821. The fourth-order valence-corrected chi connectivity index (χ4v) is 0.953. The van der Waals surface area contributed by atoms with Crippen molar-refractivity contribution in [3.63, 3.8) is 0 Å². The Morgan fingerprint density at radius 2 is 2.07 bits per heavy atom. The van der Waals surface area contributed by atoms with Gasteiger partial charge in [0.15, 0.2) is 5.78 Å². The molecule has 0 aliphatic carbocycles. The van der Waals surface area contributed by atoms with Gasteiger partial charge in [0, 0.05) is 6.20 Å². The van der Waals surface area contributed by atoms with Crippen molar-refractivity contribution in [1.29, 1.82) is 0 Å². The van der Waals surface area contributed by atoms with E-state index >= 15 is 0 Å². The number of hydrogen-bond donors (Lipinski definition) is 1. The summed E-state index contributed by atoms with van der Waals surface area (Å²) in [6.07, 6.45) is -3.45. The Kier molecular flexibility index (Phi) is 4.70. The number of aromatic nitrogens is 1. The minimum atomic E-state index is -4.57. The summed E-state index contributed by atoms with van der Waals surface area (Å²) in [5, 5.41) is 0. The highest BCUT2D eigenvalue weighted by atomic mass is 35.5. The third-order valence-corrected chi connectivity index (χ3v) is 1.56. The normalized spacial score (nSPS) is 10.7. The van der Waals surface area contributed by atoms with Gasteiger partial charge in [0.1, 0.15) is 5.69 Å². The van der Waals surface area contributed by atoms with E-state index in [1.54, 1.807) is 0 Å². The molecule has 0 spiro atoms. The van der Waals surface area contributed by atoms with Crippen molar-refractivity contribution in [2.45, 2.75) is 6.18 Å². The third kappa shape index (κ3) is 3.17. The molecule has 0 aromatic carbocycles. The molecule has 1 rings (SSSR count). The smallest absolute Gasteiger partial charge is 0.324 e. The largest absolute Gasteiger partial charge is 0.418 e. The maximum atomic E-state index is 12.3. The zero-order valence-corrected chi connectivity index (χ0v) is 8.23. The van der Waals surface area contributed by atoms with Crippen LogP contribution in [0, 0.1) is 0 Å². The van der Waals surface area contributed by atoms with Crippen LogP contribution in [0.2, 0.25) is 0 Å². The van der Waals surface area contributed by atoms with Crippen molar-refractivity contribution in [3.8, 4) is 0 Å². The number of rotatable bonds is 2. The van der Waals surface area contributed by atoms with Gasteiger partial charge in [-0.3, -0.25) is 9.78 Å². The molecule has 0 aliphatic rings. The molecule has 0 radical (unpaired) electrons. The number of halogens is 4. The van der Waals surface area contributed by atoms with Gasteiger partial charge in [-0.15, -0.1) is 12.4 Å².